The Hall–Kier alpha value is -4.78. The molecule has 0 saturated heterocycles. The summed E-state index contributed by atoms with van der Waals surface area (Å²) in [6, 6.07) is 14.8. The number of aryl methyl sites for hydroxylation is 1. The molecule has 3 rings (SSSR count). The average Bonchev–Trinajstić information content (AvgIpc) is 3.20. The SMILES string of the molecule is Cc1ccc(-c2ccc(/C=C(\C#N)C(=O)Nc3ccccc3[N+](=O)[O-])o2)c([N+](=O)[O-])c1. The van der Waals surface area contributed by atoms with Gasteiger partial charge in [-0.2, -0.15) is 5.26 Å². The molecular weight excluding hydrogens is 404 g/mol. The average molecular weight is 418 g/mol. The molecule has 1 amide bonds. The van der Waals surface area contributed by atoms with Crippen LogP contribution in [-0.2, 0) is 4.79 Å². The first-order valence-electron chi connectivity index (χ1n) is 8.82. The van der Waals surface area contributed by atoms with Crippen LogP contribution in [0.4, 0.5) is 17.1 Å². The molecule has 0 atom stereocenters. The summed E-state index contributed by atoms with van der Waals surface area (Å²) in [5.41, 5.74) is 0.0739. The van der Waals surface area contributed by atoms with E-state index in [2.05, 4.69) is 5.32 Å². The predicted molar refractivity (Wildman–Crippen MR) is 111 cm³/mol. The minimum absolute atomic E-state index is 0.0611. The fourth-order valence-corrected chi connectivity index (χ4v) is 2.80. The summed E-state index contributed by atoms with van der Waals surface area (Å²) in [6.45, 7) is 1.72. The molecule has 0 saturated carbocycles. The van der Waals surface area contributed by atoms with Crippen LogP contribution in [0.5, 0.6) is 0 Å². The van der Waals surface area contributed by atoms with Gasteiger partial charge < -0.3 is 9.73 Å². The van der Waals surface area contributed by atoms with Crippen LogP contribution in [0, 0.1) is 38.5 Å². The standard InChI is InChI=1S/C21H14N4O6/c1-13-6-8-16(19(10-13)25(29)30)20-9-7-15(31-20)11-14(12-22)21(26)23-17-4-2-3-5-18(17)24(27)28/h2-11H,1H3,(H,23,26)/b14-11+. The molecule has 0 radical (unpaired) electrons. The molecule has 1 heterocycles. The van der Waals surface area contributed by atoms with Crippen molar-refractivity contribution in [1.82, 2.24) is 0 Å². The monoisotopic (exact) mass is 418 g/mol. The summed E-state index contributed by atoms with van der Waals surface area (Å²) in [5.74, 6) is -0.565. The second kappa shape index (κ2) is 8.71. The van der Waals surface area contributed by atoms with Crippen molar-refractivity contribution >= 4 is 29.0 Å². The molecule has 0 unspecified atom stereocenters. The normalized spacial score (nSPS) is 10.9. The highest BCUT2D eigenvalue weighted by atomic mass is 16.6. The molecule has 1 N–H and O–H groups in total. The number of nitrogens with zero attached hydrogens (tertiary/aromatic N) is 3. The van der Waals surface area contributed by atoms with Gasteiger partial charge in [0, 0.05) is 18.2 Å². The van der Waals surface area contributed by atoms with E-state index in [-0.39, 0.29) is 39.7 Å². The van der Waals surface area contributed by atoms with Crippen molar-refractivity contribution in [1.29, 1.82) is 5.26 Å². The molecule has 0 fully saturated rings. The molecule has 3 aromatic rings. The number of nitro groups is 2. The van der Waals surface area contributed by atoms with Crippen LogP contribution in [-0.4, -0.2) is 15.8 Å². The Morgan fingerprint density at radius 2 is 1.77 bits per heavy atom. The van der Waals surface area contributed by atoms with Gasteiger partial charge in [-0.1, -0.05) is 18.2 Å². The van der Waals surface area contributed by atoms with Gasteiger partial charge in [0.15, 0.2) is 0 Å². The number of para-hydroxylation sites is 2. The zero-order valence-corrected chi connectivity index (χ0v) is 16.1. The lowest BCUT2D eigenvalue weighted by molar-refractivity contribution is -0.384. The second-order valence-corrected chi connectivity index (χ2v) is 6.38. The van der Waals surface area contributed by atoms with Gasteiger partial charge in [0.2, 0.25) is 0 Å². The van der Waals surface area contributed by atoms with Gasteiger partial charge in [0.05, 0.1) is 15.4 Å². The summed E-state index contributed by atoms with van der Waals surface area (Å²) in [6.07, 6.45) is 1.15. The first-order valence-corrected chi connectivity index (χ1v) is 8.82. The van der Waals surface area contributed by atoms with E-state index in [1.54, 1.807) is 25.1 Å². The molecule has 0 spiro atoms. The molecule has 0 aliphatic heterocycles. The Kier molecular flexibility index (Phi) is 5.88. The van der Waals surface area contributed by atoms with Crippen LogP contribution in [0.15, 0.2) is 64.6 Å². The van der Waals surface area contributed by atoms with Crippen LogP contribution in [0.3, 0.4) is 0 Å². The van der Waals surface area contributed by atoms with Crippen LogP contribution in [0.2, 0.25) is 0 Å². The number of carbonyl (C=O) groups is 1. The van der Waals surface area contributed by atoms with E-state index < -0.39 is 15.8 Å². The number of rotatable bonds is 6. The van der Waals surface area contributed by atoms with Crippen molar-refractivity contribution in [3.63, 3.8) is 0 Å². The van der Waals surface area contributed by atoms with Crippen LogP contribution >= 0.6 is 0 Å². The second-order valence-electron chi connectivity index (χ2n) is 6.38. The van der Waals surface area contributed by atoms with Gasteiger partial charge in [-0.05, 0) is 36.8 Å². The lowest BCUT2D eigenvalue weighted by atomic mass is 10.1. The minimum atomic E-state index is -0.865. The van der Waals surface area contributed by atoms with Crippen LogP contribution < -0.4 is 5.32 Å². The maximum Gasteiger partial charge on any atom is 0.292 e. The minimum Gasteiger partial charge on any atom is -0.456 e. The third-order valence-electron chi connectivity index (χ3n) is 4.24. The molecule has 10 heteroatoms. The number of nitro benzene ring substituents is 2. The fraction of sp³-hybridized carbons (Fsp3) is 0.0476. The Labute approximate surface area is 175 Å². The lowest BCUT2D eigenvalue weighted by Gasteiger charge is -2.04. The fourth-order valence-electron chi connectivity index (χ4n) is 2.80. The Morgan fingerprint density at radius 3 is 2.45 bits per heavy atom. The van der Waals surface area contributed by atoms with Gasteiger partial charge in [-0.15, -0.1) is 0 Å². The highest BCUT2D eigenvalue weighted by Crippen LogP contribution is 2.32. The van der Waals surface area contributed by atoms with Gasteiger partial charge >= 0.3 is 0 Å². The first kappa shape index (κ1) is 20.9. The summed E-state index contributed by atoms with van der Waals surface area (Å²) < 4.78 is 5.57. The molecular formula is C21H14N4O6. The molecule has 0 aliphatic rings. The van der Waals surface area contributed by atoms with E-state index in [9.17, 15) is 30.3 Å². The quantitative estimate of drug-likeness (QED) is 0.265. The lowest BCUT2D eigenvalue weighted by Crippen LogP contribution is -2.14. The van der Waals surface area contributed by atoms with Gasteiger partial charge in [0.1, 0.15) is 28.9 Å². The van der Waals surface area contributed by atoms with E-state index in [0.29, 0.717) is 5.56 Å². The van der Waals surface area contributed by atoms with E-state index in [1.165, 1.54) is 42.5 Å². The molecule has 2 aromatic carbocycles. The topological polar surface area (TPSA) is 152 Å². The smallest absolute Gasteiger partial charge is 0.292 e. The predicted octanol–water partition coefficient (Wildman–Crippen LogP) is 4.62. The number of hydrogen-bond acceptors (Lipinski definition) is 7. The largest absolute Gasteiger partial charge is 0.456 e. The van der Waals surface area contributed by atoms with Crippen molar-refractivity contribution in [2.24, 2.45) is 0 Å². The summed E-state index contributed by atoms with van der Waals surface area (Å²) in [5, 5.41) is 34.1. The summed E-state index contributed by atoms with van der Waals surface area (Å²) in [4.78, 5) is 33.6. The number of carbonyl (C=O) groups excluding carboxylic acids is 1. The molecule has 154 valence electrons. The van der Waals surface area contributed by atoms with Crippen LogP contribution in [0.25, 0.3) is 17.4 Å². The number of furan rings is 1. The number of nitrogens with one attached hydrogen (secondary N) is 1. The zero-order chi connectivity index (χ0) is 22.5. The Bertz CT molecular complexity index is 1270. The third kappa shape index (κ3) is 4.63. The molecule has 31 heavy (non-hydrogen) atoms. The molecule has 0 aliphatic carbocycles. The van der Waals surface area contributed by atoms with Crippen LogP contribution in [0.1, 0.15) is 11.3 Å². The van der Waals surface area contributed by atoms with Crippen molar-refractivity contribution in [3.05, 3.63) is 91.7 Å². The number of anilines is 1. The van der Waals surface area contributed by atoms with E-state index in [0.717, 1.165) is 6.08 Å². The third-order valence-corrected chi connectivity index (χ3v) is 4.24. The number of nitriles is 1. The van der Waals surface area contributed by atoms with Crippen molar-refractivity contribution in [2.45, 2.75) is 6.92 Å². The summed E-state index contributed by atoms with van der Waals surface area (Å²) in [7, 11) is 0. The van der Waals surface area contributed by atoms with Gasteiger partial charge in [-0.3, -0.25) is 25.0 Å². The van der Waals surface area contributed by atoms with Gasteiger partial charge in [-0.25, -0.2) is 0 Å². The first-order chi connectivity index (χ1) is 14.8. The maximum atomic E-state index is 12.4. The molecule has 0 bridgehead atoms. The zero-order valence-electron chi connectivity index (χ0n) is 16.1. The highest BCUT2D eigenvalue weighted by Gasteiger charge is 2.20. The Morgan fingerprint density at radius 1 is 1.06 bits per heavy atom. The van der Waals surface area contributed by atoms with Crippen molar-refractivity contribution in [3.8, 4) is 17.4 Å². The summed E-state index contributed by atoms with van der Waals surface area (Å²) >= 11 is 0. The highest BCUT2D eigenvalue weighted by molar-refractivity contribution is 6.10. The number of hydrogen-bond donors (Lipinski definition) is 1. The van der Waals surface area contributed by atoms with E-state index in [4.69, 9.17) is 4.42 Å². The molecule has 1 aromatic heterocycles. The van der Waals surface area contributed by atoms with Crippen molar-refractivity contribution < 1.29 is 19.1 Å². The van der Waals surface area contributed by atoms with Gasteiger partial charge in [0.25, 0.3) is 17.3 Å². The molecule has 10 nitrogen and oxygen atoms in total. The maximum absolute atomic E-state index is 12.4. The van der Waals surface area contributed by atoms with Crippen molar-refractivity contribution in [2.75, 3.05) is 5.32 Å². The van der Waals surface area contributed by atoms with E-state index >= 15 is 0 Å². The Balaban J connectivity index is 1.89. The van der Waals surface area contributed by atoms with E-state index in [1.807, 2.05) is 0 Å². The number of benzene rings is 2. The number of amides is 1.